The van der Waals surface area contributed by atoms with E-state index in [9.17, 15) is 19.2 Å². The lowest BCUT2D eigenvalue weighted by Crippen LogP contribution is -2.31. The van der Waals surface area contributed by atoms with Crippen LogP contribution < -0.4 is 14.5 Å². The van der Waals surface area contributed by atoms with Gasteiger partial charge in [0.2, 0.25) is 17.7 Å². The predicted octanol–water partition coefficient (Wildman–Crippen LogP) is 3.94. The van der Waals surface area contributed by atoms with Crippen LogP contribution in [0.25, 0.3) is 0 Å². The number of anilines is 2. The van der Waals surface area contributed by atoms with Crippen LogP contribution in [0.2, 0.25) is 0 Å². The van der Waals surface area contributed by atoms with Crippen LogP contribution in [-0.2, 0) is 19.2 Å². The molecule has 3 aliphatic rings. The number of aryl methyl sites for hydroxylation is 2. The van der Waals surface area contributed by atoms with Crippen LogP contribution in [0.1, 0.15) is 43.2 Å². The SMILES string of the molecule is Cc1cccc(C)c1N1C[C@H](C(=O)Oc2cccc(N3C(=O)[C@H]4CCCC[C@H]4C3=O)c2)CC1=O. The molecule has 5 rings (SSSR count). The van der Waals surface area contributed by atoms with Crippen LogP contribution in [0.15, 0.2) is 42.5 Å². The highest BCUT2D eigenvalue weighted by molar-refractivity contribution is 6.22. The Morgan fingerprint density at radius 1 is 0.912 bits per heavy atom. The Labute approximate surface area is 198 Å². The maximum atomic E-state index is 12.9. The second kappa shape index (κ2) is 8.70. The van der Waals surface area contributed by atoms with Crippen LogP contribution in [-0.4, -0.2) is 30.2 Å². The van der Waals surface area contributed by atoms with E-state index < -0.39 is 11.9 Å². The summed E-state index contributed by atoms with van der Waals surface area (Å²) in [5.41, 5.74) is 3.23. The molecule has 0 N–H and O–H groups in total. The first-order chi connectivity index (χ1) is 16.3. The number of rotatable bonds is 4. The molecule has 176 valence electrons. The number of fused-ring (bicyclic) bond motifs is 1. The summed E-state index contributed by atoms with van der Waals surface area (Å²) in [5, 5.41) is 0. The first kappa shape index (κ1) is 22.3. The lowest BCUT2D eigenvalue weighted by Gasteiger charge is -2.21. The molecule has 3 fully saturated rings. The molecule has 3 atom stereocenters. The van der Waals surface area contributed by atoms with E-state index in [1.807, 2.05) is 32.0 Å². The van der Waals surface area contributed by atoms with E-state index in [4.69, 9.17) is 4.74 Å². The molecule has 0 spiro atoms. The van der Waals surface area contributed by atoms with Gasteiger partial charge in [0.1, 0.15) is 5.75 Å². The van der Waals surface area contributed by atoms with Gasteiger partial charge in [-0.15, -0.1) is 0 Å². The summed E-state index contributed by atoms with van der Waals surface area (Å²) in [6, 6.07) is 12.4. The summed E-state index contributed by atoms with van der Waals surface area (Å²) >= 11 is 0. The molecule has 0 bridgehead atoms. The molecule has 0 radical (unpaired) electrons. The van der Waals surface area contributed by atoms with E-state index in [1.165, 1.54) is 4.90 Å². The second-order valence-corrected chi connectivity index (χ2v) is 9.57. The third-order valence-corrected chi connectivity index (χ3v) is 7.30. The topological polar surface area (TPSA) is 84.0 Å². The number of carbonyl (C=O) groups is 4. The first-order valence-corrected chi connectivity index (χ1v) is 11.9. The average molecular weight is 461 g/mol. The Kier molecular flexibility index (Phi) is 5.71. The molecule has 2 heterocycles. The molecule has 2 aromatic rings. The minimum Gasteiger partial charge on any atom is -0.426 e. The number of ether oxygens (including phenoxy) is 1. The lowest BCUT2D eigenvalue weighted by atomic mass is 9.81. The number of hydrogen-bond donors (Lipinski definition) is 0. The molecule has 7 nitrogen and oxygen atoms in total. The highest BCUT2D eigenvalue weighted by Gasteiger charge is 2.48. The number of imide groups is 1. The van der Waals surface area contributed by atoms with Gasteiger partial charge in [0.05, 0.1) is 23.4 Å². The predicted molar refractivity (Wildman–Crippen MR) is 126 cm³/mol. The maximum Gasteiger partial charge on any atom is 0.316 e. The Balaban J connectivity index is 1.31. The van der Waals surface area contributed by atoms with Crippen LogP contribution in [0.3, 0.4) is 0 Å². The van der Waals surface area contributed by atoms with Crippen molar-refractivity contribution in [3.8, 4) is 5.75 Å². The van der Waals surface area contributed by atoms with Crippen molar-refractivity contribution in [2.45, 2.75) is 46.0 Å². The Hall–Kier alpha value is -3.48. The minimum atomic E-state index is -0.590. The number of benzene rings is 2. The molecule has 0 unspecified atom stereocenters. The zero-order chi connectivity index (χ0) is 24.0. The van der Waals surface area contributed by atoms with E-state index >= 15 is 0 Å². The standard InChI is InChI=1S/C27H28N2O5/c1-16-7-5-8-17(2)24(16)28-15-18(13-23(28)30)27(33)34-20-10-6-9-19(14-20)29-25(31)21-11-3-4-12-22(21)26(29)32/h5-10,14,18,21-22H,3-4,11-13,15H2,1-2H3/t18-,21-,22+/m1/s1. The van der Waals surface area contributed by atoms with Crippen molar-refractivity contribution in [2.24, 2.45) is 17.8 Å². The fourth-order valence-electron chi connectivity index (χ4n) is 5.62. The molecule has 1 saturated carbocycles. The van der Waals surface area contributed by atoms with Crippen molar-refractivity contribution in [1.29, 1.82) is 0 Å². The van der Waals surface area contributed by atoms with E-state index in [0.29, 0.717) is 5.69 Å². The van der Waals surface area contributed by atoms with Crippen LogP contribution in [0.4, 0.5) is 11.4 Å². The van der Waals surface area contributed by atoms with Gasteiger partial charge in [-0.1, -0.05) is 37.1 Å². The fraction of sp³-hybridized carbons (Fsp3) is 0.407. The zero-order valence-electron chi connectivity index (χ0n) is 19.5. The summed E-state index contributed by atoms with van der Waals surface area (Å²) in [6.45, 7) is 4.16. The zero-order valence-corrected chi connectivity index (χ0v) is 19.5. The van der Waals surface area contributed by atoms with Crippen molar-refractivity contribution in [3.05, 3.63) is 53.6 Å². The van der Waals surface area contributed by atoms with Gasteiger partial charge in [-0.05, 0) is 49.9 Å². The molecule has 3 amide bonds. The number of carbonyl (C=O) groups excluding carboxylic acids is 4. The van der Waals surface area contributed by atoms with Crippen LogP contribution in [0.5, 0.6) is 5.75 Å². The molecular formula is C27H28N2O5. The Bertz CT molecular complexity index is 1150. The quantitative estimate of drug-likeness (QED) is 0.392. The van der Waals surface area contributed by atoms with Gasteiger partial charge in [-0.25, -0.2) is 4.90 Å². The molecular weight excluding hydrogens is 432 g/mol. The van der Waals surface area contributed by atoms with E-state index in [0.717, 1.165) is 42.5 Å². The molecule has 2 aromatic carbocycles. The molecule has 34 heavy (non-hydrogen) atoms. The normalized spacial score (nSPS) is 24.5. The second-order valence-electron chi connectivity index (χ2n) is 9.57. The fourth-order valence-corrected chi connectivity index (χ4v) is 5.62. The number of hydrogen-bond acceptors (Lipinski definition) is 5. The lowest BCUT2D eigenvalue weighted by molar-refractivity contribution is -0.139. The van der Waals surface area contributed by atoms with Crippen molar-refractivity contribution >= 4 is 35.1 Å². The first-order valence-electron chi connectivity index (χ1n) is 11.9. The number of esters is 1. The summed E-state index contributed by atoms with van der Waals surface area (Å²) in [4.78, 5) is 54.4. The van der Waals surface area contributed by atoms with Crippen LogP contribution in [0, 0.1) is 31.6 Å². The summed E-state index contributed by atoms with van der Waals surface area (Å²) in [5.74, 6) is -1.74. The maximum absolute atomic E-state index is 12.9. The van der Waals surface area contributed by atoms with E-state index in [-0.39, 0.29) is 48.3 Å². The van der Waals surface area contributed by atoms with Crippen molar-refractivity contribution in [2.75, 3.05) is 16.3 Å². The highest BCUT2D eigenvalue weighted by atomic mass is 16.5. The van der Waals surface area contributed by atoms with Crippen molar-refractivity contribution in [1.82, 2.24) is 0 Å². The van der Waals surface area contributed by atoms with Gasteiger partial charge in [0.25, 0.3) is 0 Å². The number of amides is 3. The molecule has 0 aromatic heterocycles. The Morgan fingerprint density at radius 3 is 2.18 bits per heavy atom. The monoisotopic (exact) mass is 460 g/mol. The third kappa shape index (κ3) is 3.79. The van der Waals surface area contributed by atoms with Gasteiger partial charge in [-0.3, -0.25) is 19.2 Å². The van der Waals surface area contributed by atoms with E-state index in [2.05, 4.69) is 0 Å². The smallest absolute Gasteiger partial charge is 0.316 e. The minimum absolute atomic E-state index is 0.0821. The molecule has 7 heteroatoms. The summed E-state index contributed by atoms with van der Waals surface area (Å²) in [7, 11) is 0. The summed E-state index contributed by atoms with van der Waals surface area (Å²) in [6.07, 6.45) is 3.49. The van der Waals surface area contributed by atoms with Crippen molar-refractivity contribution < 1.29 is 23.9 Å². The van der Waals surface area contributed by atoms with Crippen molar-refractivity contribution in [3.63, 3.8) is 0 Å². The van der Waals surface area contributed by atoms with Gasteiger partial charge in [0.15, 0.2) is 0 Å². The largest absolute Gasteiger partial charge is 0.426 e. The highest BCUT2D eigenvalue weighted by Crippen LogP contribution is 2.40. The number of para-hydroxylation sites is 1. The summed E-state index contributed by atoms with van der Waals surface area (Å²) < 4.78 is 5.61. The van der Waals surface area contributed by atoms with Crippen LogP contribution >= 0.6 is 0 Å². The average Bonchev–Trinajstić information content (AvgIpc) is 3.32. The molecule has 1 aliphatic carbocycles. The molecule has 2 aliphatic heterocycles. The van der Waals surface area contributed by atoms with Gasteiger partial charge < -0.3 is 9.64 Å². The van der Waals surface area contributed by atoms with Gasteiger partial charge >= 0.3 is 5.97 Å². The Morgan fingerprint density at radius 2 is 1.53 bits per heavy atom. The van der Waals surface area contributed by atoms with Gasteiger partial charge in [0, 0.05) is 24.7 Å². The van der Waals surface area contributed by atoms with Gasteiger partial charge in [-0.2, -0.15) is 0 Å². The third-order valence-electron chi connectivity index (χ3n) is 7.30. The van der Waals surface area contributed by atoms with E-state index in [1.54, 1.807) is 29.2 Å². The molecule has 2 saturated heterocycles. The number of nitrogens with zero attached hydrogens (tertiary/aromatic N) is 2.